The maximum absolute atomic E-state index is 8.74. The second kappa shape index (κ2) is 9.37. The molecule has 9 heteroatoms. The molecular formula is C3H13AlO7S. The van der Waals surface area contributed by atoms with E-state index < -0.39 is 16.5 Å². The SMILES string of the molecule is O=S(=O)(O)O.OCC(O)CO.[AlH3]. The Kier molecular flexibility index (Phi) is 14.2. The lowest BCUT2D eigenvalue weighted by Gasteiger charge is -1.96. The molecular weight excluding hydrogens is 207 g/mol. The van der Waals surface area contributed by atoms with Gasteiger partial charge in [-0.05, 0) is 0 Å². The first-order chi connectivity index (χ1) is 4.81. The lowest BCUT2D eigenvalue weighted by molar-refractivity contribution is 0.0450. The number of rotatable bonds is 2. The molecule has 0 saturated heterocycles. The predicted octanol–water partition coefficient (Wildman–Crippen LogP) is -3.50. The summed E-state index contributed by atoms with van der Waals surface area (Å²) in [7, 11) is -4.67. The summed E-state index contributed by atoms with van der Waals surface area (Å²) in [6.45, 7) is -0.729. The lowest BCUT2D eigenvalue weighted by atomic mass is 10.4. The fraction of sp³-hybridized carbons (Fsp3) is 1.00. The fourth-order valence-electron chi connectivity index (χ4n) is 0.0577. The molecule has 0 atom stereocenters. The van der Waals surface area contributed by atoms with E-state index in [1.54, 1.807) is 0 Å². The topological polar surface area (TPSA) is 135 Å². The third-order valence-corrected chi connectivity index (χ3v) is 0.421. The average molecular weight is 220 g/mol. The second-order valence-corrected chi connectivity index (χ2v) is 2.36. The van der Waals surface area contributed by atoms with Crippen LogP contribution in [-0.4, -0.2) is 69.5 Å². The van der Waals surface area contributed by atoms with Crippen LogP contribution in [0.2, 0.25) is 0 Å². The first-order valence-corrected chi connectivity index (χ1v) is 3.80. The molecule has 0 aliphatic heterocycles. The van der Waals surface area contributed by atoms with Crippen LogP contribution < -0.4 is 0 Å². The van der Waals surface area contributed by atoms with Crippen molar-refractivity contribution in [2.75, 3.05) is 13.2 Å². The van der Waals surface area contributed by atoms with Crippen LogP contribution in [0.3, 0.4) is 0 Å². The maximum Gasteiger partial charge on any atom is 0.394 e. The standard InChI is InChI=1S/C3H8O3.Al.H2O4S.3H/c4-1-3(6)2-5;;1-5(2,3)4;;;/h3-6H,1-2H2;;(H2,1,2,3,4);;;. The number of aliphatic hydroxyl groups is 3. The molecule has 0 saturated carbocycles. The summed E-state index contributed by atoms with van der Waals surface area (Å²) < 4.78 is 31.6. The van der Waals surface area contributed by atoms with E-state index in [1.165, 1.54) is 0 Å². The van der Waals surface area contributed by atoms with Crippen molar-refractivity contribution in [3.05, 3.63) is 0 Å². The molecule has 0 aliphatic rings. The molecule has 0 bridgehead atoms. The van der Waals surface area contributed by atoms with E-state index in [-0.39, 0.29) is 30.6 Å². The zero-order valence-electron chi connectivity index (χ0n) is 5.45. The van der Waals surface area contributed by atoms with Gasteiger partial charge in [-0.15, -0.1) is 0 Å². The van der Waals surface area contributed by atoms with Crippen molar-refractivity contribution in [2.24, 2.45) is 0 Å². The van der Waals surface area contributed by atoms with Crippen LogP contribution in [-0.2, 0) is 10.4 Å². The van der Waals surface area contributed by atoms with E-state index >= 15 is 0 Å². The highest BCUT2D eigenvalue weighted by molar-refractivity contribution is 7.79. The van der Waals surface area contributed by atoms with Crippen LogP contribution in [0.15, 0.2) is 0 Å². The quantitative estimate of drug-likeness (QED) is 0.240. The third kappa shape index (κ3) is 48.3. The number of hydrogen-bond donors (Lipinski definition) is 5. The molecule has 0 aromatic carbocycles. The Morgan fingerprint density at radius 2 is 1.25 bits per heavy atom. The largest absolute Gasteiger partial charge is 0.394 e. The van der Waals surface area contributed by atoms with Crippen LogP contribution in [0.4, 0.5) is 0 Å². The van der Waals surface area contributed by atoms with Gasteiger partial charge in [0.15, 0.2) is 17.4 Å². The van der Waals surface area contributed by atoms with E-state index in [2.05, 4.69) is 0 Å². The lowest BCUT2D eigenvalue weighted by Crippen LogP contribution is -2.15. The monoisotopic (exact) mass is 220 g/mol. The maximum atomic E-state index is 8.74. The molecule has 76 valence electrons. The van der Waals surface area contributed by atoms with Crippen LogP contribution in [0, 0.1) is 0 Å². The van der Waals surface area contributed by atoms with Crippen molar-refractivity contribution in [1.29, 1.82) is 0 Å². The van der Waals surface area contributed by atoms with E-state index in [1.807, 2.05) is 0 Å². The van der Waals surface area contributed by atoms with Crippen molar-refractivity contribution < 1.29 is 32.8 Å². The van der Waals surface area contributed by atoms with Crippen molar-refractivity contribution >= 4 is 27.8 Å². The molecule has 0 fully saturated rings. The molecule has 0 heterocycles. The van der Waals surface area contributed by atoms with Crippen molar-refractivity contribution in [3.8, 4) is 0 Å². The van der Waals surface area contributed by atoms with Crippen LogP contribution in [0.1, 0.15) is 0 Å². The van der Waals surface area contributed by atoms with Gasteiger partial charge in [-0.2, -0.15) is 8.42 Å². The summed E-state index contributed by atoms with van der Waals surface area (Å²) in [6.07, 6.45) is -0.954. The highest BCUT2D eigenvalue weighted by Crippen LogP contribution is 1.71. The van der Waals surface area contributed by atoms with Crippen molar-refractivity contribution in [2.45, 2.75) is 6.10 Å². The molecule has 0 spiro atoms. The van der Waals surface area contributed by atoms with Gasteiger partial charge >= 0.3 is 10.4 Å². The summed E-state index contributed by atoms with van der Waals surface area (Å²) in [5.74, 6) is 0. The van der Waals surface area contributed by atoms with Crippen molar-refractivity contribution in [3.63, 3.8) is 0 Å². The summed E-state index contributed by atoms with van der Waals surface area (Å²) in [4.78, 5) is 0. The Hall–Kier alpha value is 0.282. The molecule has 0 amide bonds. The highest BCUT2D eigenvalue weighted by atomic mass is 32.3. The normalized spacial score (nSPS) is 9.83. The summed E-state index contributed by atoms with van der Waals surface area (Å²) in [5.41, 5.74) is 0. The third-order valence-electron chi connectivity index (χ3n) is 0.421. The van der Waals surface area contributed by atoms with Gasteiger partial charge in [0.05, 0.1) is 13.2 Å². The van der Waals surface area contributed by atoms with Crippen LogP contribution >= 0.6 is 0 Å². The minimum atomic E-state index is -4.67. The highest BCUT2D eigenvalue weighted by Gasteiger charge is 1.93. The van der Waals surface area contributed by atoms with Gasteiger partial charge in [-0.3, -0.25) is 9.11 Å². The first-order valence-electron chi connectivity index (χ1n) is 2.41. The summed E-state index contributed by atoms with van der Waals surface area (Å²) in [5, 5.41) is 24.0. The Morgan fingerprint density at radius 3 is 1.25 bits per heavy atom. The Bertz CT molecular complexity index is 153. The van der Waals surface area contributed by atoms with E-state index in [9.17, 15) is 0 Å². The molecule has 0 aromatic rings. The van der Waals surface area contributed by atoms with Gasteiger partial charge in [0.25, 0.3) is 0 Å². The van der Waals surface area contributed by atoms with Crippen molar-refractivity contribution in [1.82, 2.24) is 0 Å². The zero-order valence-corrected chi connectivity index (χ0v) is 6.27. The minimum absolute atomic E-state index is 0. The second-order valence-electron chi connectivity index (χ2n) is 1.47. The van der Waals surface area contributed by atoms with Crippen LogP contribution in [0.5, 0.6) is 0 Å². The van der Waals surface area contributed by atoms with Gasteiger partial charge in [0.2, 0.25) is 0 Å². The molecule has 0 aliphatic carbocycles. The molecule has 0 aromatic heterocycles. The predicted molar refractivity (Wildman–Crippen MR) is 44.3 cm³/mol. The zero-order chi connectivity index (χ0) is 9.49. The molecule has 0 rings (SSSR count). The molecule has 5 N–H and O–H groups in total. The molecule has 0 radical (unpaired) electrons. The van der Waals surface area contributed by atoms with Gasteiger partial charge < -0.3 is 15.3 Å². The van der Waals surface area contributed by atoms with E-state index in [4.69, 9.17) is 32.8 Å². The fourth-order valence-corrected chi connectivity index (χ4v) is 0.0577. The Labute approximate surface area is 80.4 Å². The van der Waals surface area contributed by atoms with E-state index in [0.717, 1.165) is 0 Å². The van der Waals surface area contributed by atoms with Gasteiger partial charge in [-0.1, -0.05) is 0 Å². The Balaban J connectivity index is -0.000000126. The Morgan fingerprint density at radius 1 is 1.08 bits per heavy atom. The van der Waals surface area contributed by atoms with E-state index in [0.29, 0.717) is 0 Å². The number of hydrogen-bond acceptors (Lipinski definition) is 5. The molecule has 12 heavy (non-hydrogen) atoms. The van der Waals surface area contributed by atoms with Gasteiger partial charge in [0.1, 0.15) is 6.10 Å². The summed E-state index contributed by atoms with van der Waals surface area (Å²) >= 11 is 0. The minimum Gasteiger partial charge on any atom is -0.394 e. The first kappa shape index (κ1) is 18.1. The molecule has 0 unspecified atom stereocenters. The molecule has 7 nitrogen and oxygen atoms in total. The smallest absolute Gasteiger partial charge is 0.394 e. The average Bonchev–Trinajstić information content (AvgIpc) is 1.83. The van der Waals surface area contributed by atoms with Gasteiger partial charge in [0, 0.05) is 0 Å². The summed E-state index contributed by atoms with van der Waals surface area (Å²) in [6, 6.07) is 0. The van der Waals surface area contributed by atoms with Gasteiger partial charge in [-0.25, -0.2) is 0 Å². The number of aliphatic hydroxyl groups excluding tert-OH is 3. The van der Waals surface area contributed by atoms with Crippen LogP contribution in [0.25, 0.3) is 0 Å².